The molecule has 22 heavy (non-hydrogen) atoms. The maximum Gasteiger partial charge on any atom is 0.221 e. The Morgan fingerprint density at radius 2 is 1.55 bits per heavy atom. The van der Waals surface area contributed by atoms with Crippen LogP contribution < -0.4 is 5.73 Å². The van der Waals surface area contributed by atoms with Gasteiger partial charge in [-0.15, -0.1) is 0 Å². The van der Waals surface area contributed by atoms with E-state index in [1.54, 1.807) is 6.92 Å². The SMILES string of the molecule is C1CCOC1.CCC(=O)CCCO.CCC(=O)Cl.NCCO. The fourth-order valence-electron chi connectivity index (χ4n) is 0.963. The van der Waals surface area contributed by atoms with Gasteiger partial charge in [0.2, 0.25) is 5.24 Å². The Balaban J connectivity index is -0.000000227. The minimum atomic E-state index is -0.273. The van der Waals surface area contributed by atoms with Crippen molar-refractivity contribution in [3.05, 3.63) is 0 Å². The van der Waals surface area contributed by atoms with E-state index in [0.29, 0.717) is 32.2 Å². The number of carbonyl (C=O) groups excluding carboxylic acids is 2. The van der Waals surface area contributed by atoms with Gasteiger partial charge in [-0.2, -0.15) is 0 Å². The highest BCUT2D eigenvalue weighted by Crippen LogP contribution is 1.98. The second-order valence-electron chi connectivity index (χ2n) is 4.26. The smallest absolute Gasteiger partial charge is 0.221 e. The van der Waals surface area contributed by atoms with Crippen LogP contribution in [-0.2, 0) is 14.3 Å². The Hall–Kier alpha value is -0.530. The molecule has 0 bridgehead atoms. The third-order valence-electron chi connectivity index (χ3n) is 2.24. The molecule has 1 saturated heterocycles. The highest BCUT2D eigenvalue weighted by atomic mass is 35.5. The summed E-state index contributed by atoms with van der Waals surface area (Å²) in [7, 11) is 0. The monoisotopic (exact) mass is 341 g/mol. The van der Waals surface area contributed by atoms with Gasteiger partial charge in [-0.05, 0) is 30.9 Å². The first-order chi connectivity index (χ1) is 10.5. The van der Waals surface area contributed by atoms with Crippen LogP contribution in [0.3, 0.4) is 0 Å². The maximum atomic E-state index is 10.5. The van der Waals surface area contributed by atoms with E-state index in [4.69, 9.17) is 32.3 Å². The summed E-state index contributed by atoms with van der Waals surface area (Å²) in [4.78, 5) is 20.0. The lowest BCUT2D eigenvalue weighted by atomic mass is 10.2. The fourth-order valence-corrected chi connectivity index (χ4v) is 0.963. The molecule has 1 heterocycles. The number of aliphatic hydroxyl groups is 2. The van der Waals surface area contributed by atoms with Gasteiger partial charge >= 0.3 is 0 Å². The molecule has 0 unspecified atom stereocenters. The van der Waals surface area contributed by atoms with Crippen molar-refractivity contribution in [1.82, 2.24) is 0 Å². The van der Waals surface area contributed by atoms with Gasteiger partial charge in [0.25, 0.3) is 0 Å². The van der Waals surface area contributed by atoms with E-state index < -0.39 is 0 Å². The number of hydrogen-bond acceptors (Lipinski definition) is 6. The number of Topliss-reactive ketones (excluding diaryl/α,β-unsaturated/α-hetero) is 1. The molecule has 0 spiro atoms. The van der Waals surface area contributed by atoms with Crippen LogP contribution in [0.25, 0.3) is 0 Å². The standard InChI is InChI=1S/C6H12O2.C4H8O.C3H5ClO.C2H7NO/c1-2-6(8)4-3-5-7;1-2-4-5-3-1;1-2-3(4)5;3-1-2-4/h7H,2-5H2,1H3;1-4H2;2H2,1H3;4H,1-3H2. The van der Waals surface area contributed by atoms with Crippen molar-refractivity contribution >= 4 is 22.6 Å². The summed E-state index contributed by atoms with van der Waals surface area (Å²) >= 11 is 4.82. The molecule has 7 heteroatoms. The molecule has 0 saturated carbocycles. The van der Waals surface area contributed by atoms with E-state index in [0.717, 1.165) is 13.2 Å². The fraction of sp³-hybridized carbons (Fsp3) is 0.867. The van der Waals surface area contributed by atoms with Crippen molar-refractivity contribution in [3.63, 3.8) is 0 Å². The van der Waals surface area contributed by atoms with Crippen LogP contribution in [0.15, 0.2) is 0 Å². The quantitative estimate of drug-likeness (QED) is 0.633. The molecule has 0 atom stereocenters. The zero-order valence-electron chi connectivity index (χ0n) is 13.9. The van der Waals surface area contributed by atoms with E-state index in [9.17, 15) is 9.59 Å². The molecule has 4 N–H and O–H groups in total. The first kappa shape index (κ1) is 26.4. The lowest BCUT2D eigenvalue weighted by molar-refractivity contribution is -0.119. The zero-order chi connectivity index (χ0) is 17.6. The molecule has 1 fully saturated rings. The van der Waals surface area contributed by atoms with Crippen LogP contribution in [0.4, 0.5) is 0 Å². The first-order valence-corrected chi connectivity index (χ1v) is 8.07. The van der Waals surface area contributed by atoms with Gasteiger partial charge in [-0.25, -0.2) is 0 Å². The first-order valence-electron chi connectivity index (χ1n) is 7.69. The van der Waals surface area contributed by atoms with Crippen LogP contribution in [0, 0.1) is 0 Å². The molecule has 6 nitrogen and oxygen atoms in total. The van der Waals surface area contributed by atoms with Gasteiger partial charge in [0.1, 0.15) is 5.78 Å². The minimum absolute atomic E-state index is 0.0972. The Bertz CT molecular complexity index is 226. The Kier molecular flexibility index (Phi) is 30.5. The zero-order valence-corrected chi connectivity index (χ0v) is 14.6. The lowest BCUT2D eigenvalue weighted by Gasteiger charge is -1.90. The maximum absolute atomic E-state index is 10.5. The van der Waals surface area contributed by atoms with E-state index >= 15 is 0 Å². The van der Waals surface area contributed by atoms with Gasteiger partial charge in [0.05, 0.1) is 6.61 Å². The van der Waals surface area contributed by atoms with Crippen molar-refractivity contribution in [2.45, 2.75) is 52.4 Å². The number of halogens is 1. The second-order valence-corrected chi connectivity index (χ2v) is 4.68. The number of ketones is 1. The highest BCUT2D eigenvalue weighted by molar-refractivity contribution is 6.63. The predicted octanol–water partition coefficient (Wildman–Crippen LogP) is 1.63. The third kappa shape index (κ3) is 36.6. The van der Waals surface area contributed by atoms with E-state index in [1.807, 2.05) is 6.92 Å². The van der Waals surface area contributed by atoms with Gasteiger partial charge in [0, 0.05) is 45.6 Å². The minimum Gasteiger partial charge on any atom is -0.396 e. The molecule has 0 aromatic carbocycles. The molecule has 1 rings (SSSR count). The number of hydrogen-bond donors (Lipinski definition) is 3. The van der Waals surface area contributed by atoms with Crippen LogP contribution in [-0.4, -0.2) is 54.2 Å². The average Bonchev–Trinajstić information content (AvgIpc) is 3.13. The molecule has 0 aliphatic carbocycles. The Labute approximate surface area is 139 Å². The molecule has 1 aliphatic heterocycles. The summed E-state index contributed by atoms with van der Waals surface area (Å²) < 4.78 is 4.94. The normalized spacial score (nSPS) is 11.9. The Morgan fingerprint density at radius 3 is 1.73 bits per heavy atom. The topological polar surface area (TPSA) is 110 Å². The largest absolute Gasteiger partial charge is 0.396 e. The molecule has 0 radical (unpaired) electrons. The summed E-state index contributed by atoms with van der Waals surface area (Å²) in [6.07, 6.45) is 4.74. The summed E-state index contributed by atoms with van der Waals surface area (Å²) in [6.45, 7) is 6.15. The van der Waals surface area contributed by atoms with Crippen LogP contribution in [0.5, 0.6) is 0 Å². The van der Waals surface area contributed by atoms with Crippen molar-refractivity contribution in [3.8, 4) is 0 Å². The average molecular weight is 342 g/mol. The number of rotatable bonds is 6. The predicted molar refractivity (Wildman–Crippen MR) is 89.0 cm³/mol. The lowest BCUT2D eigenvalue weighted by Crippen LogP contribution is -2.02. The van der Waals surface area contributed by atoms with E-state index in [2.05, 4.69) is 0 Å². The third-order valence-corrected chi connectivity index (χ3v) is 2.51. The van der Waals surface area contributed by atoms with Crippen molar-refractivity contribution in [1.29, 1.82) is 0 Å². The van der Waals surface area contributed by atoms with Gasteiger partial charge in [-0.3, -0.25) is 9.59 Å². The van der Waals surface area contributed by atoms with Crippen LogP contribution in [0.2, 0.25) is 0 Å². The molecular weight excluding hydrogens is 310 g/mol. The summed E-state index contributed by atoms with van der Waals surface area (Å²) in [5.74, 6) is 0.235. The number of ether oxygens (including phenoxy) is 1. The van der Waals surface area contributed by atoms with Gasteiger partial charge < -0.3 is 20.7 Å². The highest BCUT2D eigenvalue weighted by Gasteiger charge is 1.95. The van der Waals surface area contributed by atoms with E-state index in [-0.39, 0.29) is 24.2 Å². The molecule has 0 amide bonds. The number of nitrogens with two attached hydrogens (primary N) is 1. The summed E-state index contributed by atoms with van der Waals surface area (Å²) in [5.41, 5.74) is 4.78. The number of aliphatic hydroxyl groups excluding tert-OH is 2. The molecule has 1 aliphatic rings. The number of carbonyl (C=O) groups is 2. The van der Waals surface area contributed by atoms with Gasteiger partial charge in [-0.1, -0.05) is 13.8 Å². The van der Waals surface area contributed by atoms with Crippen molar-refractivity contribution < 1.29 is 24.5 Å². The van der Waals surface area contributed by atoms with Crippen molar-refractivity contribution in [2.24, 2.45) is 5.73 Å². The molecule has 134 valence electrons. The molecular formula is C15H32ClNO5. The van der Waals surface area contributed by atoms with Crippen molar-refractivity contribution in [2.75, 3.05) is 33.0 Å². The van der Waals surface area contributed by atoms with Crippen LogP contribution in [0.1, 0.15) is 52.4 Å². The summed E-state index contributed by atoms with van der Waals surface area (Å²) in [6, 6.07) is 0. The van der Waals surface area contributed by atoms with Crippen LogP contribution >= 0.6 is 11.6 Å². The molecule has 0 aromatic rings. The second kappa shape index (κ2) is 25.4. The van der Waals surface area contributed by atoms with Gasteiger partial charge in [0.15, 0.2) is 0 Å². The Morgan fingerprint density at radius 1 is 1.09 bits per heavy atom. The summed E-state index contributed by atoms with van der Waals surface area (Å²) in [5, 5.41) is 15.7. The molecule has 0 aromatic heterocycles. The van der Waals surface area contributed by atoms with E-state index in [1.165, 1.54) is 12.8 Å².